The highest BCUT2D eigenvalue weighted by Gasteiger charge is 2.42. The van der Waals surface area contributed by atoms with Crippen LogP contribution in [0.4, 0.5) is 0 Å². The molecule has 1 fully saturated rings. The van der Waals surface area contributed by atoms with Crippen molar-refractivity contribution in [3.05, 3.63) is 35.0 Å². The van der Waals surface area contributed by atoms with E-state index in [1.165, 1.54) is 18.4 Å². The molecule has 2 aromatic rings. The number of aromatic nitrogens is 2. The second kappa shape index (κ2) is 7.31. The number of hydrogen-bond acceptors (Lipinski definition) is 6. The molecule has 25 heavy (non-hydrogen) atoms. The molecular weight excluding hydrogens is 338 g/mol. The number of pyridine rings is 1. The summed E-state index contributed by atoms with van der Waals surface area (Å²) >= 11 is 1.29. The molecular formula is C18H21N3O3S. The highest BCUT2D eigenvalue weighted by Crippen LogP contribution is 2.31. The lowest BCUT2D eigenvalue weighted by atomic mass is 9.81. The van der Waals surface area contributed by atoms with E-state index in [9.17, 15) is 9.59 Å². The van der Waals surface area contributed by atoms with Crippen molar-refractivity contribution in [2.24, 2.45) is 0 Å². The third kappa shape index (κ3) is 3.56. The molecule has 0 spiro atoms. The quantitative estimate of drug-likeness (QED) is 0.848. The molecule has 1 saturated carbocycles. The molecule has 0 radical (unpaired) electrons. The van der Waals surface area contributed by atoms with Crippen molar-refractivity contribution in [3.8, 4) is 10.7 Å². The monoisotopic (exact) mass is 359 g/mol. The average Bonchev–Trinajstić information content (AvgIpc) is 3.04. The number of aryl methyl sites for hydroxylation is 1. The van der Waals surface area contributed by atoms with Crippen LogP contribution >= 0.6 is 11.3 Å². The Morgan fingerprint density at radius 1 is 1.24 bits per heavy atom. The fourth-order valence-corrected chi connectivity index (χ4v) is 4.15. The summed E-state index contributed by atoms with van der Waals surface area (Å²) in [6.45, 7) is 1.80. The van der Waals surface area contributed by atoms with E-state index in [4.69, 9.17) is 4.74 Å². The van der Waals surface area contributed by atoms with Gasteiger partial charge >= 0.3 is 5.97 Å². The van der Waals surface area contributed by atoms with Crippen molar-refractivity contribution in [2.45, 2.75) is 44.6 Å². The number of nitrogens with zero attached hydrogens (tertiary/aromatic N) is 2. The summed E-state index contributed by atoms with van der Waals surface area (Å²) in [5.41, 5.74) is 0.444. The number of rotatable bonds is 4. The van der Waals surface area contributed by atoms with Crippen molar-refractivity contribution < 1.29 is 14.3 Å². The van der Waals surface area contributed by atoms with E-state index >= 15 is 0 Å². The predicted octanol–water partition coefficient (Wildman–Crippen LogP) is 3.12. The van der Waals surface area contributed by atoms with Crippen molar-refractivity contribution in [2.75, 3.05) is 7.11 Å². The number of carbonyl (C=O) groups is 2. The van der Waals surface area contributed by atoms with E-state index in [1.54, 1.807) is 13.1 Å². The summed E-state index contributed by atoms with van der Waals surface area (Å²) in [5, 5.41) is 3.64. The third-order valence-corrected chi connectivity index (χ3v) is 5.70. The lowest BCUT2D eigenvalue weighted by Gasteiger charge is -2.35. The van der Waals surface area contributed by atoms with Gasteiger partial charge in [-0.3, -0.25) is 9.78 Å². The first-order valence-electron chi connectivity index (χ1n) is 8.35. The van der Waals surface area contributed by atoms with Crippen LogP contribution in [0.3, 0.4) is 0 Å². The number of ether oxygens (including phenoxy) is 1. The molecule has 2 heterocycles. The van der Waals surface area contributed by atoms with E-state index in [0.717, 1.165) is 25.0 Å². The summed E-state index contributed by atoms with van der Waals surface area (Å²) < 4.78 is 4.96. The molecule has 0 saturated heterocycles. The van der Waals surface area contributed by atoms with Crippen molar-refractivity contribution >= 4 is 23.2 Å². The van der Waals surface area contributed by atoms with Gasteiger partial charge in [0.05, 0.1) is 18.5 Å². The number of esters is 1. The maximum absolute atomic E-state index is 12.8. The first-order chi connectivity index (χ1) is 12.1. The second-order valence-electron chi connectivity index (χ2n) is 6.24. The molecule has 0 aliphatic heterocycles. The number of thiazole rings is 1. The Bertz CT molecular complexity index is 767. The van der Waals surface area contributed by atoms with Crippen molar-refractivity contribution in [1.82, 2.24) is 15.3 Å². The molecule has 0 atom stereocenters. The van der Waals surface area contributed by atoms with E-state index in [0.29, 0.717) is 28.4 Å². The molecule has 2 aromatic heterocycles. The van der Waals surface area contributed by atoms with Gasteiger partial charge in [0.1, 0.15) is 15.4 Å². The van der Waals surface area contributed by atoms with Crippen LogP contribution in [0, 0.1) is 6.92 Å². The largest absolute Gasteiger partial charge is 0.467 e. The highest BCUT2D eigenvalue weighted by molar-refractivity contribution is 7.17. The molecule has 0 unspecified atom stereocenters. The van der Waals surface area contributed by atoms with Crippen molar-refractivity contribution in [3.63, 3.8) is 0 Å². The summed E-state index contributed by atoms with van der Waals surface area (Å²) in [4.78, 5) is 34.4. The molecule has 1 aliphatic carbocycles. The Morgan fingerprint density at radius 2 is 2.00 bits per heavy atom. The van der Waals surface area contributed by atoms with E-state index < -0.39 is 5.54 Å². The Labute approximate surface area is 150 Å². The highest BCUT2D eigenvalue weighted by atomic mass is 32.1. The van der Waals surface area contributed by atoms with Crippen LogP contribution in [0.25, 0.3) is 10.7 Å². The van der Waals surface area contributed by atoms with Crippen LogP contribution in [0.1, 0.15) is 47.5 Å². The van der Waals surface area contributed by atoms with E-state index in [1.807, 2.05) is 18.2 Å². The average molecular weight is 359 g/mol. The fourth-order valence-electron chi connectivity index (χ4n) is 3.21. The maximum atomic E-state index is 12.8. The smallest absolute Gasteiger partial charge is 0.331 e. The number of methoxy groups -OCH3 is 1. The normalized spacial score (nSPS) is 16.2. The molecule has 132 valence electrons. The lowest BCUT2D eigenvalue weighted by Crippen LogP contribution is -2.56. The van der Waals surface area contributed by atoms with Crippen molar-refractivity contribution in [1.29, 1.82) is 0 Å². The van der Waals surface area contributed by atoms with Crippen LogP contribution in [0.2, 0.25) is 0 Å². The standard InChI is InChI=1S/C18H21N3O3S/c1-12-14(25-16(20-12)13-8-4-7-11-19-13)15(22)21-18(17(23)24-2)9-5-3-6-10-18/h4,7-8,11H,3,5-6,9-10H2,1-2H3,(H,21,22). The molecule has 3 rings (SSSR count). The van der Waals surface area contributed by atoms with Gasteiger partial charge in [0.25, 0.3) is 5.91 Å². The van der Waals surface area contributed by atoms with Gasteiger partial charge in [-0.25, -0.2) is 9.78 Å². The Balaban J connectivity index is 1.85. The molecule has 7 heteroatoms. The maximum Gasteiger partial charge on any atom is 0.331 e. The second-order valence-corrected chi connectivity index (χ2v) is 7.24. The van der Waals surface area contributed by atoms with Crippen LogP contribution in [0.15, 0.2) is 24.4 Å². The van der Waals surface area contributed by atoms with Gasteiger partial charge in [0, 0.05) is 6.20 Å². The van der Waals surface area contributed by atoms with Gasteiger partial charge in [-0.1, -0.05) is 25.3 Å². The molecule has 1 aliphatic rings. The molecule has 1 amide bonds. The van der Waals surface area contributed by atoms with E-state index in [-0.39, 0.29) is 11.9 Å². The van der Waals surface area contributed by atoms with Gasteiger partial charge in [0.2, 0.25) is 0 Å². The third-order valence-electron chi connectivity index (χ3n) is 4.52. The van der Waals surface area contributed by atoms with Gasteiger partial charge in [-0.15, -0.1) is 11.3 Å². The lowest BCUT2D eigenvalue weighted by molar-refractivity contribution is -0.149. The minimum absolute atomic E-state index is 0.274. The number of nitrogens with one attached hydrogen (secondary N) is 1. The molecule has 0 bridgehead atoms. The minimum atomic E-state index is -0.925. The summed E-state index contributed by atoms with van der Waals surface area (Å²) in [5.74, 6) is -0.642. The van der Waals surface area contributed by atoms with Gasteiger partial charge in [-0.2, -0.15) is 0 Å². The summed E-state index contributed by atoms with van der Waals surface area (Å²) in [6, 6.07) is 5.57. The van der Waals surface area contributed by atoms with Gasteiger partial charge < -0.3 is 10.1 Å². The molecule has 0 aromatic carbocycles. The fraction of sp³-hybridized carbons (Fsp3) is 0.444. The molecule has 6 nitrogen and oxygen atoms in total. The number of amides is 1. The molecule has 1 N–H and O–H groups in total. The number of carbonyl (C=O) groups excluding carboxylic acids is 2. The van der Waals surface area contributed by atoms with Crippen LogP contribution in [0.5, 0.6) is 0 Å². The summed E-state index contributed by atoms with van der Waals surface area (Å²) in [6.07, 6.45) is 5.78. The zero-order chi connectivity index (χ0) is 17.9. The van der Waals surface area contributed by atoms with Crippen LogP contribution in [-0.4, -0.2) is 34.5 Å². The Hall–Kier alpha value is -2.28. The number of hydrogen-bond donors (Lipinski definition) is 1. The summed E-state index contributed by atoms with van der Waals surface area (Å²) in [7, 11) is 1.36. The zero-order valence-corrected chi connectivity index (χ0v) is 15.2. The van der Waals surface area contributed by atoms with Gasteiger partial charge in [-0.05, 0) is 31.9 Å². The topological polar surface area (TPSA) is 81.2 Å². The zero-order valence-electron chi connectivity index (χ0n) is 14.4. The Kier molecular flexibility index (Phi) is 5.13. The van der Waals surface area contributed by atoms with E-state index in [2.05, 4.69) is 15.3 Å². The first-order valence-corrected chi connectivity index (χ1v) is 9.17. The Morgan fingerprint density at radius 3 is 2.64 bits per heavy atom. The predicted molar refractivity (Wildman–Crippen MR) is 95.4 cm³/mol. The van der Waals surface area contributed by atoms with Crippen LogP contribution < -0.4 is 5.32 Å². The minimum Gasteiger partial charge on any atom is -0.467 e. The van der Waals surface area contributed by atoms with Crippen LogP contribution in [-0.2, 0) is 9.53 Å². The first kappa shape index (κ1) is 17.5. The SMILES string of the molecule is COC(=O)C1(NC(=O)c2sc(-c3ccccn3)nc2C)CCCCC1. The van der Waals surface area contributed by atoms with Gasteiger partial charge in [0.15, 0.2) is 0 Å².